The zero-order valence-corrected chi connectivity index (χ0v) is 18.2. The topological polar surface area (TPSA) is 75.1 Å². The zero-order chi connectivity index (χ0) is 22.1. The van der Waals surface area contributed by atoms with Crippen LogP contribution in [0.4, 0.5) is 10.5 Å². The molecular formula is C25H27N3O4. The monoisotopic (exact) mass is 433 g/mol. The molecule has 0 fully saturated rings. The summed E-state index contributed by atoms with van der Waals surface area (Å²) in [5, 5.41) is 10.6. The number of anilines is 1. The van der Waals surface area contributed by atoms with Crippen molar-refractivity contribution >= 4 is 22.7 Å². The predicted molar refractivity (Wildman–Crippen MR) is 123 cm³/mol. The van der Waals surface area contributed by atoms with Gasteiger partial charge in [-0.25, -0.2) is 4.79 Å². The van der Waals surface area contributed by atoms with Crippen molar-refractivity contribution in [3.05, 3.63) is 59.8 Å². The summed E-state index contributed by atoms with van der Waals surface area (Å²) in [7, 11) is 0. The van der Waals surface area contributed by atoms with Crippen molar-refractivity contribution in [3.8, 4) is 11.5 Å². The van der Waals surface area contributed by atoms with E-state index in [4.69, 9.17) is 9.47 Å². The minimum atomic E-state index is -0.934. The molecule has 1 aromatic heterocycles. The number of ether oxygens (including phenoxy) is 2. The highest BCUT2D eigenvalue weighted by atomic mass is 16.6. The standard InChI is InChI=1S/C25H27N3O4/c1-17-7-8-20-21(26-17)9-10-23-24(20)32-19(16-31-23)15-28(25(29)30)13-4-12-27-14-11-18-5-2-3-6-22(18)27/h2-3,5-10,19H,4,11-16H2,1H3,(H,29,30)/t19-/m0/s1. The number of aromatic nitrogens is 1. The number of para-hydroxylation sites is 1. The van der Waals surface area contributed by atoms with Crippen LogP contribution < -0.4 is 14.4 Å². The van der Waals surface area contributed by atoms with E-state index in [2.05, 4.69) is 34.1 Å². The molecule has 0 spiro atoms. The number of pyridine rings is 1. The van der Waals surface area contributed by atoms with Crippen LogP contribution in [0.15, 0.2) is 48.5 Å². The Balaban J connectivity index is 1.22. The fraction of sp³-hybridized carbons (Fsp3) is 0.360. The molecule has 0 unspecified atom stereocenters. The van der Waals surface area contributed by atoms with Crippen LogP contribution in [0.2, 0.25) is 0 Å². The molecule has 2 aromatic carbocycles. The number of fused-ring (bicyclic) bond motifs is 4. The normalized spacial score (nSPS) is 16.8. The van der Waals surface area contributed by atoms with Crippen LogP contribution in [0.3, 0.4) is 0 Å². The molecule has 7 nitrogen and oxygen atoms in total. The summed E-state index contributed by atoms with van der Waals surface area (Å²) >= 11 is 0. The van der Waals surface area contributed by atoms with Crippen molar-refractivity contribution < 1.29 is 19.4 Å². The Morgan fingerprint density at radius 1 is 1.22 bits per heavy atom. The zero-order valence-electron chi connectivity index (χ0n) is 18.2. The fourth-order valence-corrected chi connectivity index (χ4v) is 4.57. The van der Waals surface area contributed by atoms with Gasteiger partial charge in [-0.2, -0.15) is 0 Å². The molecule has 1 N–H and O–H groups in total. The largest absolute Gasteiger partial charge is 0.486 e. The minimum Gasteiger partial charge on any atom is -0.486 e. The van der Waals surface area contributed by atoms with Crippen molar-refractivity contribution in [2.24, 2.45) is 0 Å². The third-order valence-corrected chi connectivity index (χ3v) is 6.17. The number of hydrogen-bond donors (Lipinski definition) is 1. The third-order valence-electron chi connectivity index (χ3n) is 6.17. The highest BCUT2D eigenvalue weighted by Crippen LogP contribution is 2.38. The summed E-state index contributed by atoms with van der Waals surface area (Å²) in [4.78, 5) is 20.2. The first kappa shape index (κ1) is 20.4. The molecule has 1 atom stereocenters. The van der Waals surface area contributed by atoms with Crippen molar-refractivity contribution in [1.29, 1.82) is 0 Å². The molecule has 7 heteroatoms. The van der Waals surface area contributed by atoms with Gasteiger partial charge in [0.25, 0.3) is 0 Å². The van der Waals surface area contributed by atoms with Gasteiger partial charge in [-0.15, -0.1) is 0 Å². The first-order chi connectivity index (χ1) is 15.6. The van der Waals surface area contributed by atoms with E-state index in [0.717, 1.165) is 42.5 Å². The van der Waals surface area contributed by atoms with Gasteiger partial charge in [0.2, 0.25) is 0 Å². The van der Waals surface area contributed by atoms with E-state index in [1.807, 2.05) is 31.2 Å². The smallest absolute Gasteiger partial charge is 0.407 e. The highest BCUT2D eigenvalue weighted by molar-refractivity contribution is 5.88. The molecule has 0 saturated carbocycles. The predicted octanol–water partition coefficient (Wildman–Crippen LogP) is 4.12. The lowest BCUT2D eigenvalue weighted by Crippen LogP contribution is -2.44. The van der Waals surface area contributed by atoms with Gasteiger partial charge in [0.15, 0.2) is 17.6 Å². The Labute approximate surface area is 187 Å². The summed E-state index contributed by atoms with van der Waals surface area (Å²) in [6.07, 6.45) is 0.513. The van der Waals surface area contributed by atoms with Crippen LogP contribution in [-0.2, 0) is 6.42 Å². The number of carbonyl (C=O) groups is 1. The number of benzene rings is 2. The quantitative estimate of drug-likeness (QED) is 0.630. The van der Waals surface area contributed by atoms with Crippen molar-refractivity contribution in [3.63, 3.8) is 0 Å². The van der Waals surface area contributed by atoms with Gasteiger partial charge in [-0.3, -0.25) is 4.98 Å². The van der Waals surface area contributed by atoms with Gasteiger partial charge in [-0.05, 0) is 55.7 Å². The summed E-state index contributed by atoms with van der Waals surface area (Å²) in [5.41, 5.74) is 4.41. The number of carboxylic acid groups (broad SMARTS) is 1. The summed E-state index contributed by atoms with van der Waals surface area (Å²) in [6, 6.07) is 16.1. The molecule has 5 rings (SSSR count). The maximum Gasteiger partial charge on any atom is 0.407 e. The molecule has 0 aliphatic carbocycles. The minimum absolute atomic E-state index is 0.265. The van der Waals surface area contributed by atoms with Crippen LogP contribution in [-0.4, -0.2) is 60.0 Å². The average molecular weight is 434 g/mol. The number of aryl methyl sites for hydroxylation is 1. The second kappa shape index (κ2) is 8.57. The number of hydrogen-bond acceptors (Lipinski definition) is 5. The number of amides is 1. The van der Waals surface area contributed by atoms with Gasteiger partial charge in [0, 0.05) is 36.4 Å². The van der Waals surface area contributed by atoms with Gasteiger partial charge in [0.05, 0.1) is 12.1 Å². The maximum atomic E-state index is 11.9. The fourth-order valence-electron chi connectivity index (χ4n) is 4.57. The van der Waals surface area contributed by atoms with Crippen molar-refractivity contribution in [2.45, 2.75) is 25.9 Å². The van der Waals surface area contributed by atoms with E-state index >= 15 is 0 Å². The molecule has 32 heavy (non-hydrogen) atoms. The first-order valence-electron chi connectivity index (χ1n) is 11.1. The number of nitrogens with zero attached hydrogens (tertiary/aromatic N) is 3. The van der Waals surface area contributed by atoms with Gasteiger partial charge in [-0.1, -0.05) is 18.2 Å². The molecule has 0 bridgehead atoms. The third kappa shape index (κ3) is 4.02. The van der Waals surface area contributed by atoms with Crippen molar-refractivity contribution in [2.75, 3.05) is 37.7 Å². The summed E-state index contributed by atoms with van der Waals surface area (Å²) in [6.45, 7) is 4.81. The van der Waals surface area contributed by atoms with E-state index in [1.54, 1.807) is 0 Å². The molecule has 3 heterocycles. The maximum absolute atomic E-state index is 11.9. The second-order valence-corrected chi connectivity index (χ2v) is 8.41. The Morgan fingerprint density at radius 3 is 2.97 bits per heavy atom. The van der Waals surface area contributed by atoms with Crippen molar-refractivity contribution in [1.82, 2.24) is 9.88 Å². The van der Waals surface area contributed by atoms with E-state index < -0.39 is 6.09 Å². The number of rotatable bonds is 6. The van der Waals surface area contributed by atoms with Crippen LogP contribution in [0.25, 0.3) is 10.9 Å². The second-order valence-electron chi connectivity index (χ2n) is 8.41. The van der Waals surface area contributed by atoms with Gasteiger partial charge in [0.1, 0.15) is 6.61 Å². The van der Waals surface area contributed by atoms with Crippen LogP contribution in [0, 0.1) is 6.92 Å². The van der Waals surface area contributed by atoms with E-state index in [0.29, 0.717) is 24.7 Å². The van der Waals surface area contributed by atoms with Crippen LogP contribution >= 0.6 is 0 Å². The van der Waals surface area contributed by atoms with E-state index in [9.17, 15) is 9.90 Å². The lowest BCUT2D eigenvalue weighted by molar-refractivity contribution is 0.0586. The molecule has 1 amide bonds. The molecule has 166 valence electrons. The molecule has 0 saturated heterocycles. The van der Waals surface area contributed by atoms with Gasteiger partial charge < -0.3 is 24.4 Å². The molecule has 3 aromatic rings. The summed E-state index contributed by atoms with van der Waals surface area (Å²) in [5.74, 6) is 1.32. The van der Waals surface area contributed by atoms with E-state index in [1.165, 1.54) is 16.2 Å². The highest BCUT2D eigenvalue weighted by Gasteiger charge is 2.27. The van der Waals surface area contributed by atoms with Crippen LogP contribution in [0.5, 0.6) is 11.5 Å². The Morgan fingerprint density at radius 2 is 2.09 bits per heavy atom. The first-order valence-corrected chi connectivity index (χ1v) is 11.1. The van der Waals surface area contributed by atoms with E-state index in [-0.39, 0.29) is 12.6 Å². The Hall–Kier alpha value is -3.48. The summed E-state index contributed by atoms with van der Waals surface area (Å²) < 4.78 is 12.1. The lowest BCUT2D eigenvalue weighted by Gasteiger charge is -2.31. The average Bonchev–Trinajstić information content (AvgIpc) is 3.21. The Kier molecular flexibility index (Phi) is 5.47. The molecule has 2 aliphatic heterocycles. The molecular weight excluding hydrogens is 406 g/mol. The molecule has 2 aliphatic rings. The Bertz CT molecular complexity index is 1150. The molecule has 0 radical (unpaired) electrons. The SMILES string of the molecule is Cc1ccc2c3c(ccc2n1)OC[C@H](CN(CCCN1CCc2ccccc21)C(=O)O)O3. The van der Waals surface area contributed by atoms with Gasteiger partial charge >= 0.3 is 6.09 Å². The lowest BCUT2D eigenvalue weighted by atomic mass is 10.1. The van der Waals surface area contributed by atoms with Crippen LogP contribution in [0.1, 0.15) is 17.7 Å².